The minimum Gasteiger partial charge on any atom is -0.359 e. The minimum atomic E-state index is -0.123. The summed E-state index contributed by atoms with van der Waals surface area (Å²) in [6.45, 7) is 3.80. The Morgan fingerprint density at radius 2 is 1.67 bits per heavy atom. The van der Waals surface area contributed by atoms with E-state index in [0.29, 0.717) is 17.3 Å². The quantitative estimate of drug-likeness (QED) is 0.619. The number of likely N-dealkylation sites (N-methyl/N-ethyl adjacent to an activating group) is 1. The van der Waals surface area contributed by atoms with E-state index in [1.165, 1.54) is 11.8 Å². The summed E-state index contributed by atoms with van der Waals surface area (Å²) in [7, 11) is 1.61. The summed E-state index contributed by atoms with van der Waals surface area (Å²) in [6, 6.07) is 9.11. The number of carbonyl (C=O) groups is 2. The number of amides is 2. The van der Waals surface area contributed by atoms with Gasteiger partial charge in [0.15, 0.2) is 5.16 Å². The number of rotatable bonds is 6. The van der Waals surface area contributed by atoms with Crippen molar-refractivity contribution >= 4 is 29.3 Å². The third-order valence-corrected chi connectivity index (χ3v) is 4.02. The van der Waals surface area contributed by atoms with Crippen molar-refractivity contribution in [3.8, 4) is 0 Å². The fraction of sp³-hybridized carbons (Fsp3) is 0.294. The lowest BCUT2D eigenvalue weighted by molar-refractivity contribution is -0.120. The van der Waals surface area contributed by atoms with Crippen molar-refractivity contribution in [2.24, 2.45) is 0 Å². The third kappa shape index (κ3) is 5.66. The number of hydrogen-bond acceptors (Lipinski definition) is 5. The van der Waals surface area contributed by atoms with E-state index in [0.717, 1.165) is 17.0 Å². The highest BCUT2D eigenvalue weighted by Gasteiger charge is 2.07. The molecule has 0 aliphatic carbocycles. The van der Waals surface area contributed by atoms with Gasteiger partial charge in [0.05, 0.1) is 12.2 Å². The van der Waals surface area contributed by atoms with Gasteiger partial charge < -0.3 is 10.6 Å². The summed E-state index contributed by atoms with van der Waals surface area (Å²) in [6.07, 6.45) is 0.324. The molecular formula is C17H20N4O2S. The summed E-state index contributed by atoms with van der Waals surface area (Å²) >= 11 is 1.30. The molecule has 0 atom stereocenters. The predicted molar refractivity (Wildman–Crippen MR) is 95.1 cm³/mol. The number of aryl methyl sites for hydroxylation is 2. The molecule has 0 aliphatic heterocycles. The van der Waals surface area contributed by atoms with Crippen LogP contribution in [-0.4, -0.2) is 34.6 Å². The lowest BCUT2D eigenvalue weighted by Gasteiger charge is -2.07. The first kappa shape index (κ1) is 17.9. The molecule has 0 saturated heterocycles. The van der Waals surface area contributed by atoms with Crippen molar-refractivity contribution in [2.45, 2.75) is 25.4 Å². The van der Waals surface area contributed by atoms with Crippen LogP contribution in [0.1, 0.15) is 17.0 Å². The van der Waals surface area contributed by atoms with Crippen molar-refractivity contribution in [2.75, 3.05) is 18.1 Å². The lowest BCUT2D eigenvalue weighted by Crippen LogP contribution is -2.20. The molecule has 0 saturated carbocycles. The predicted octanol–water partition coefficient (Wildman–Crippen LogP) is 2.11. The van der Waals surface area contributed by atoms with E-state index in [1.807, 2.05) is 32.0 Å². The van der Waals surface area contributed by atoms with Gasteiger partial charge in [-0.25, -0.2) is 9.97 Å². The molecule has 1 aromatic carbocycles. The van der Waals surface area contributed by atoms with E-state index >= 15 is 0 Å². The minimum absolute atomic E-state index is 0.0448. The Bertz CT molecular complexity index is 712. The number of aromatic nitrogens is 2. The Hall–Kier alpha value is -2.41. The molecule has 0 radical (unpaired) electrons. The number of nitrogens with zero attached hydrogens (tertiary/aromatic N) is 2. The molecular weight excluding hydrogens is 324 g/mol. The molecule has 0 bridgehead atoms. The van der Waals surface area contributed by atoms with Gasteiger partial charge in [0, 0.05) is 24.1 Å². The molecule has 0 spiro atoms. The SMILES string of the molecule is CNC(=O)Cc1ccc(NC(=O)CSc2nc(C)cc(C)n2)cc1. The zero-order chi connectivity index (χ0) is 17.5. The Morgan fingerprint density at radius 3 is 2.25 bits per heavy atom. The van der Waals surface area contributed by atoms with Crippen LogP contribution in [0.2, 0.25) is 0 Å². The Morgan fingerprint density at radius 1 is 1.04 bits per heavy atom. The first-order valence-corrected chi connectivity index (χ1v) is 8.49. The molecule has 2 N–H and O–H groups in total. The Balaban J connectivity index is 1.86. The van der Waals surface area contributed by atoms with E-state index in [-0.39, 0.29) is 17.6 Å². The third-order valence-electron chi connectivity index (χ3n) is 3.18. The van der Waals surface area contributed by atoms with Crippen LogP contribution < -0.4 is 10.6 Å². The van der Waals surface area contributed by atoms with Crippen LogP contribution in [0.15, 0.2) is 35.5 Å². The molecule has 126 valence electrons. The normalized spacial score (nSPS) is 10.3. The van der Waals surface area contributed by atoms with Gasteiger partial charge in [-0.05, 0) is 37.6 Å². The largest absolute Gasteiger partial charge is 0.359 e. The van der Waals surface area contributed by atoms with Gasteiger partial charge in [-0.2, -0.15) is 0 Å². The van der Waals surface area contributed by atoms with Gasteiger partial charge in [0.1, 0.15) is 0 Å². The summed E-state index contributed by atoms with van der Waals surface area (Å²) in [5, 5.41) is 6.00. The fourth-order valence-electron chi connectivity index (χ4n) is 2.07. The maximum atomic E-state index is 12.0. The highest BCUT2D eigenvalue weighted by Crippen LogP contribution is 2.15. The fourth-order valence-corrected chi connectivity index (χ4v) is 2.81. The molecule has 2 rings (SSSR count). The van der Waals surface area contributed by atoms with E-state index in [2.05, 4.69) is 20.6 Å². The van der Waals surface area contributed by atoms with Gasteiger partial charge in [-0.1, -0.05) is 23.9 Å². The summed E-state index contributed by atoms with van der Waals surface area (Å²) in [5.74, 6) is 0.0709. The molecule has 2 aromatic rings. The van der Waals surface area contributed by atoms with Crippen LogP contribution in [0.3, 0.4) is 0 Å². The second-order valence-corrected chi connectivity index (χ2v) is 6.26. The van der Waals surface area contributed by atoms with Gasteiger partial charge in [-0.15, -0.1) is 0 Å². The Kier molecular flexibility index (Phi) is 6.31. The number of benzene rings is 1. The van der Waals surface area contributed by atoms with E-state index in [9.17, 15) is 9.59 Å². The van der Waals surface area contributed by atoms with Crippen molar-refractivity contribution in [1.29, 1.82) is 0 Å². The van der Waals surface area contributed by atoms with Crippen molar-refractivity contribution in [3.05, 3.63) is 47.3 Å². The standard InChI is InChI=1S/C17H20N4O2S/c1-11-8-12(2)20-17(19-11)24-10-16(23)21-14-6-4-13(5-7-14)9-15(22)18-3/h4-8H,9-10H2,1-3H3,(H,18,22)(H,21,23). The van der Waals surface area contributed by atoms with Crippen LogP contribution in [0.4, 0.5) is 5.69 Å². The number of nitrogens with one attached hydrogen (secondary N) is 2. The van der Waals surface area contributed by atoms with Crippen molar-refractivity contribution in [1.82, 2.24) is 15.3 Å². The molecule has 24 heavy (non-hydrogen) atoms. The van der Waals surface area contributed by atoms with Crippen LogP contribution in [0, 0.1) is 13.8 Å². The van der Waals surface area contributed by atoms with E-state index < -0.39 is 0 Å². The van der Waals surface area contributed by atoms with Crippen LogP contribution >= 0.6 is 11.8 Å². The molecule has 7 heteroatoms. The zero-order valence-electron chi connectivity index (χ0n) is 13.9. The molecule has 1 heterocycles. The number of anilines is 1. The number of thioether (sulfide) groups is 1. The number of hydrogen-bond donors (Lipinski definition) is 2. The van der Waals surface area contributed by atoms with Crippen LogP contribution in [0.5, 0.6) is 0 Å². The molecule has 0 fully saturated rings. The smallest absolute Gasteiger partial charge is 0.234 e. The van der Waals surface area contributed by atoms with Gasteiger partial charge >= 0.3 is 0 Å². The average molecular weight is 344 g/mol. The maximum absolute atomic E-state index is 12.0. The van der Waals surface area contributed by atoms with Crippen LogP contribution in [0.25, 0.3) is 0 Å². The second kappa shape index (κ2) is 8.44. The van der Waals surface area contributed by atoms with E-state index in [1.54, 1.807) is 19.2 Å². The van der Waals surface area contributed by atoms with Crippen molar-refractivity contribution < 1.29 is 9.59 Å². The zero-order valence-corrected chi connectivity index (χ0v) is 14.7. The molecule has 2 amide bonds. The van der Waals surface area contributed by atoms with Gasteiger partial charge in [0.25, 0.3) is 0 Å². The van der Waals surface area contributed by atoms with Crippen molar-refractivity contribution in [3.63, 3.8) is 0 Å². The Labute approximate surface area is 145 Å². The van der Waals surface area contributed by atoms with Crippen LogP contribution in [-0.2, 0) is 16.0 Å². The molecule has 0 aliphatic rings. The summed E-state index contributed by atoms with van der Waals surface area (Å²) in [4.78, 5) is 31.9. The highest BCUT2D eigenvalue weighted by atomic mass is 32.2. The van der Waals surface area contributed by atoms with E-state index in [4.69, 9.17) is 0 Å². The lowest BCUT2D eigenvalue weighted by atomic mass is 10.1. The summed E-state index contributed by atoms with van der Waals surface area (Å²) in [5.41, 5.74) is 3.36. The maximum Gasteiger partial charge on any atom is 0.234 e. The first-order chi connectivity index (χ1) is 11.5. The molecule has 0 unspecified atom stereocenters. The van der Waals surface area contributed by atoms with Gasteiger partial charge in [0.2, 0.25) is 11.8 Å². The topological polar surface area (TPSA) is 84.0 Å². The molecule has 6 nitrogen and oxygen atoms in total. The monoisotopic (exact) mass is 344 g/mol. The average Bonchev–Trinajstić information content (AvgIpc) is 2.54. The number of carbonyl (C=O) groups excluding carboxylic acids is 2. The summed E-state index contributed by atoms with van der Waals surface area (Å²) < 4.78 is 0. The highest BCUT2D eigenvalue weighted by molar-refractivity contribution is 7.99. The first-order valence-electron chi connectivity index (χ1n) is 7.50. The second-order valence-electron chi connectivity index (χ2n) is 5.32. The van der Waals surface area contributed by atoms with Gasteiger partial charge in [-0.3, -0.25) is 9.59 Å². The molecule has 1 aromatic heterocycles.